The number of hydrogen-bond donors (Lipinski definition) is 0. The summed E-state index contributed by atoms with van der Waals surface area (Å²) in [5.41, 5.74) is -0.871. The molecule has 1 unspecified atom stereocenters. The molecule has 1 aromatic rings. The fraction of sp³-hybridized carbons (Fsp3) is 0.462. The number of hydrogen-bond acceptors (Lipinski definition) is 5. The van der Waals surface area contributed by atoms with E-state index >= 15 is 0 Å². The highest BCUT2D eigenvalue weighted by Crippen LogP contribution is 2.19. The molecule has 0 spiro atoms. The van der Waals surface area contributed by atoms with E-state index in [1.54, 1.807) is 0 Å². The molecule has 1 aromatic carbocycles. The predicted molar refractivity (Wildman–Crippen MR) is 78.9 cm³/mol. The van der Waals surface area contributed by atoms with Gasteiger partial charge in [0.05, 0.1) is 16.2 Å². The minimum atomic E-state index is -3.31. The third-order valence-corrected chi connectivity index (χ3v) is 5.18. The third kappa shape index (κ3) is 4.23. The van der Waals surface area contributed by atoms with E-state index in [9.17, 15) is 27.7 Å². The van der Waals surface area contributed by atoms with Gasteiger partial charge in [0, 0.05) is 31.0 Å². The fourth-order valence-electron chi connectivity index (χ4n) is 1.78. The summed E-state index contributed by atoms with van der Waals surface area (Å²) in [6, 6.07) is 1.95. The van der Waals surface area contributed by atoms with Gasteiger partial charge in [-0.25, -0.2) is 12.8 Å². The molecule has 0 bridgehead atoms. The predicted octanol–water partition coefficient (Wildman–Crippen LogP) is 1.63. The van der Waals surface area contributed by atoms with Gasteiger partial charge in [-0.15, -0.1) is 0 Å². The smallest absolute Gasteiger partial charge is 0.270 e. The number of rotatable bonds is 6. The van der Waals surface area contributed by atoms with Gasteiger partial charge in [-0.3, -0.25) is 14.9 Å². The van der Waals surface area contributed by atoms with Gasteiger partial charge in [-0.2, -0.15) is 0 Å². The lowest BCUT2D eigenvalue weighted by Crippen LogP contribution is -2.40. The van der Waals surface area contributed by atoms with Crippen molar-refractivity contribution in [2.75, 3.05) is 18.6 Å². The van der Waals surface area contributed by atoms with Crippen molar-refractivity contribution in [3.63, 3.8) is 0 Å². The van der Waals surface area contributed by atoms with Gasteiger partial charge in [0.2, 0.25) is 0 Å². The molecule has 1 rings (SSSR count). The first-order valence-electron chi connectivity index (χ1n) is 6.50. The highest BCUT2D eigenvalue weighted by Gasteiger charge is 2.25. The van der Waals surface area contributed by atoms with E-state index in [0.717, 1.165) is 23.1 Å². The van der Waals surface area contributed by atoms with Crippen LogP contribution >= 0.6 is 0 Å². The molecule has 0 radical (unpaired) electrons. The number of nitro benzene ring substituents is 1. The van der Waals surface area contributed by atoms with Gasteiger partial charge in [-0.05, 0) is 13.0 Å². The van der Waals surface area contributed by atoms with Crippen LogP contribution in [0.1, 0.15) is 24.2 Å². The van der Waals surface area contributed by atoms with Crippen LogP contribution in [0.3, 0.4) is 0 Å². The Bertz CT molecular complexity index is 690. The molecule has 0 saturated carbocycles. The molecule has 0 saturated heterocycles. The van der Waals surface area contributed by atoms with Gasteiger partial charge < -0.3 is 4.90 Å². The highest BCUT2D eigenvalue weighted by molar-refractivity contribution is 7.91. The zero-order valence-corrected chi connectivity index (χ0v) is 13.3. The second-order valence-electron chi connectivity index (χ2n) is 4.89. The van der Waals surface area contributed by atoms with E-state index in [1.807, 2.05) is 0 Å². The number of amides is 1. The van der Waals surface area contributed by atoms with E-state index in [-0.39, 0.29) is 11.5 Å². The molecule has 9 heteroatoms. The van der Waals surface area contributed by atoms with Gasteiger partial charge in [0.25, 0.3) is 11.6 Å². The zero-order chi connectivity index (χ0) is 17.1. The molecule has 0 N–H and O–H groups in total. The maximum absolute atomic E-state index is 13.7. The normalized spacial score (nSPS) is 12.7. The molecule has 7 nitrogen and oxygen atoms in total. The van der Waals surface area contributed by atoms with Crippen molar-refractivity contribution < 1.29 is 22.5 Å². The van der Waals surface area contributed by atoms with Crippen molar-refractivity contribution in [3.8, 4) is 0 Å². The molecule has 0 aliphatic carbocycles. The molecule has 0 aromatic heterocycles. The average molecular weight is 332 g/mol. The van der Waals surface area contributed by atoms with E-state index in [2.05, 4.69) is 0 Å². The third-order valence-electron chi connectivity index (χ3n) is 3.31. The van der Waals surface area contributed by atoms with Crippen LogP contribution in [0.5, 0.6) is 0 Å². The van der Waals surface area contributed by atoms with Crippen LogP contribution in [0.25, 0.3) is 0 Å². The van der Waals surface area contributed by atoms with Gasteiger partial charge in [0.15, 0.2) is 9.84 Å². The summed E-state index contributed by atoms with van der Waals surface area (Å²) < 4.78 is 36.9. The van der Waals surface area contributed by atoms with Crippen molar-refractivity contribution >= 4 is 21.4 Å². The fourth-order valence-corrected chi connectivity index (χ4v) is 2.97. The standard InChI is InChI=1S/C13H17FN2O5S/c1-4-22(20,21)8-9(2)15(3)13(17)11-7-10(16(18)19)5-6-12(11)14/h5-7,9H,4,8H2,1-3H3. The van der Waals surface area contributed by atoms with Crippen molar-refractivity contribution in [2.45, 2.75) is 19.9 Å². The Morgan fingerprint density at radius 2 is 2.05 bits per heavy atom. The summed E-state index contributed by atoms with van der Waals surface area (Å²) in [5.74, 6) is -2.03. The van der Waals surface area contributed by atoms with E-state index < -0.39 is 43.8 Å². The van der Waals surface area contributed by atoms with Crippen molar-refractivity contribution in [1.29, 1.82) is 0 Å². The lowest BCUT2D eigenvalue weighted by molar-refractivity contribution is -0.384. The minimum absolute atomic E-state index is 0.0649. The molecule has 0 fully saturated rings. The molecule has 0 heterocycles. The second-order valence-corrected chi connectivity index (χ2v) is 7.28. The maximum Gasteiger partial charge on any atom is 0.270 e. The Morgan fingerprint density at radius 1 is 1.45 bits per heavy atom. The van der Waals surface area contributed by atoms with Gasteiger partial charge >= 0.3 is 0 Å². The van der Waals surface area contributed by atoms with E-state index in [4.69, 9.17) is 0 Å². The quantitative estimate of drug-likeness (QED) is 0.582. The van der Waals surface area contributed by atoms with Crippen molar-refractivity contribution in [3.05, 3.63) is 39.7 Å². The molecule has 1 atom stereocenters. The molecule has 1 amide bonds. The molecule has 122 valence electrons. The number of benzene rings is 1. The Morgan fingerprint density at radius 3 is 2.55 bits per heavy atom. The van der Waals surface area contributed by atoms with Crippen LogP contribution in [-0.4, -0.2) is 48.7 Å². The number of sulfone groups is 1. The maximum atomic E-state index is 13.7. The summed E-state index contributed by atoms with van der Waals surface area (Å²) in [4.78, 5) is 23.3. The van der Waals surface area contributed by atoms with Crippen LogP contribution in [0, 0.1) is 15.9 Å². The first kappa shape index (κ1) is 18.0. The zero-order valence-electron chi connectivity index (χ0n) is 12.4. The highest BCUT2D eigenvalue weighted by atomic mass is 32.2. The Balaban J connectivity index is 3.05. The second kappa shape index (κ2) is 6.82. The van der Waals surface area contributed by atoms with Crippen molar-refractivity contribution in [1.82, 2.24) is 4.90 Å². The first-order valence-corrected chi connectivity index (χ1v) is 8.32. The average Bonchev–Trinajstić information content (AvgIpc) is 2.45. The van der Waals surface area contributed by atoms with Crippen LogP contribution in [0.4, 0.5) is 10.1 Å². The summed E-state index contributed by atoms with van der Waals surface area (Å²) in [5, 5.41) is 10.7. The van der Waals surface area contributed by atoms with Crippen LogP contribution in [0.2, 0.25) is 0 Å². The molecular formula is C13H17FN2O5S. The monoisotopic (exact) mass is 332 g/mol. The SMILES string of the molecule is CCS(=O)(=O)CC(C)N(C)C(=O)c1cc([N+](=O)[O-])ccc1F. The molecule has 0 aliphatic heterocycles. The van der Waals surface area contributed by atoms with Gasteiger partial charge in [-0.1, -0.05) is 6.92 Å². The largest absolute Gasteiger partial charge is 0.338 e. The first-order chi connectivity index (χ1) is 10.1. The summed E-state index contributed by atoms with van der Waals surface area (Å²) >= 11 is 0. The van der Waals surface area contributed by atoms with E-state index in [0.29, 0.717) is 0 Å². The Labute approximate surface area is 127 Å². The van der Waals surface area contributed by atoms with Crippen LogP contribution < -0.4 is 0 Å². The molecular weight excluding hydrogens is 315 g/mol. The number of non-ortho nitro benzene ring substituents is 1. The van der Waals surface area contributed by atoms with Crippen LogP contribution in [0.15, 0.2) is 18.2 Å². The van der Waals surface area contributed by atoms with Crippen LogP contribution in [-0.2, 0) is 9.84 Å². The van der Waals surface area contributed by atoms with Gasteiger partial charge in [0.1, 0.15) is 5.82 Å². The topological polar surface area (TPSA) is 97.6 Å². The number of nitrogens with zero attached hydrogens (tertiary/aromatic N) is 2. The molecule has 0 aliphatic rings. The Kier molecular flexibility index (Phi) is 5.59. The number of carbonyl (C=O) groups is 1. The minimum Gasteiger partial charge on any atom is -0.338 e. The number of carbonyl (C=O) groups excluding carboxylic acids is 1. The van der Waals surface area contributed by atoms with E-state index in [1.165, 1.54) is 20.9 Å². The lowest BCUT2D eigenvalue weighted by atomic mass is 10.1. The summed E-state index contributed by atoms with van der Waals surface area (Å²) in [6.07, 6.45) is 0. The van der Waals surface area contributed by atoms with Crippen molar-refractivity contribution in [2.24, 2.45) is 0 Å². The lowest BCUT2D eigenvalue weighted by Gasteiger charge is -2.24. The summed E-state index contributed by atoms with van der Waals surface area (Å²) in [7, 11) is -1.98. The number of halogens is 1. The molecule has 22 heavy (non-hydrogen) atoms. The number of nitro groups is 1. The summed E-state index contributed by atoms with van der Waals surface area (Å²) in [6.45, 7) is 3.00. The Hall–Kier alpha value is -2.03.